The van der Waals surface area contributed by atoms with E-state index < -0.39 is 35.3 Å². The van der Waals surface area contributed by atoms with Gasteiger partial charge < -0.3 is 37.0 Å². The summed E-state index contributed by atoms with van der Waals surface area (Å²) in [6.07, 6.45) is 0. The molecule has 0 radical (unpaired) electrons. The van der Waals surface area contributed by atoms with Gasteiger partial charge >= 0.3 is 17.9 Å². The van der Waals surface area contributed by atoms with Crippen LogP contribution in [0, 0.1) is 0 Å². The van der Waals surface area contributed by atoms with Gasteiger partial charge in [0.25, 0.3) is 0 Å². The van der Waals surface area contributed by atoms with Crippen LogP contribution in [0.2, 0.25) is 0 Å². The quantitative estimate of drug-likeness (QED) is 0.365. The van der Waals surface area contributed by atoms with Gasteiger partial charge in [-0.1, -0.05) is 0 Å². The summed E-state index contributed by atoms with van der Waals surface area (Å²) in [6.45, 7) is 1.19. The van der Waals surface area contributed by atoms with Crippen molar-refractivity contribution in [2.75, 3.05) is 13.1 Å². The van der Waals surface area contributed by atoms with E-state index in [1.54, 1.807) is 0 Å². The topological polar surface area (TPSA) is 204 Å². The largest absolute Gasteiger partial charge is 0.508 e. The second-order valence-corrected chi connectivity index (χ2v) is 5.51. The number of phenols is 2. The van der Waals surface area contributed by atoms with Crippen LogP contribution >= 0.6 is 0 Å². The molecule has 0 unspecified atom stereocenters. The third-order valence-electron chi connectivity index (χ3n) is 3.58. The standard InChI is InChI=1S/C16H12O8.C2H8N2/c17-11-3-1-7(14(19)20)5-9(11)13(16(23)24)10-6-8(15(21)22)2-4-12(10)18;3-1-2-4/h1-6,13,17-18H,(H,19,20)(H,21,22)(H,23,24);1-4H2. The summed E-state index contributed by atoms with van der Waals surface area (Å²) in [5, 5.41) is 47.3. The van der Waals surface area contributed by atoms with Crippen molar-refractivity contribution in [3.8, 4) is 11.5 Å². The fraction of sp³-hybridized carbons (Fsp3) is 0.167. The molecule has 9 N–H and O–H groups in total. The van der Waals surface area contributed by atoms with Crippen LogP contribution in [-0.4, -0.2) is 56.5 Å². The second-order valence-electron chi connectivity index (χ2n) is 5.51. The molecule has 0 aliphatic rings. The normalized spacial score (nSPS) is 10.1. The number of benzene rings is 2. The van der Waals surface area contributed by atoms with Crippen molar-refractivity contribution < 1.29 is 39.9 Å². The molecule has 0 aromatic heterocycles. The van der Waals surface area contributed by atoms with E-state index in [0.29, 0.717) is 13.1 Å². The van der Waals surface area contributed by atoms with Gasteiger partial charge in [-0.05, 0) is 36.4 Å². The Morgan fingerprint density at radius 3 is 1.36 bits per heavy atom. The van der Waals surface area contributed by atoms with Crippen LogP contribution in [-0.2, 0) is 4.79 Å². The maximum absolute atomic E-state index is 11.7. The van der Waals surface area contributed by atoms with Gasteiger partial charge in [0.1, 0.15) is 17.4 Å². The number of carbonyl (C=O) groups is 3. The van der Waals surface area contributed by atoms with Crippen molar-refractivity contribution in [3.05, 3.63) is 58.7 Å². The molecule has 2 aromatic carbocycles. The molecule has 28 heavy (non-hydrogen) atoms. The third-order valence-corrected chi connectivity index (χ3v) is 3.58. The molecule has 0 fully saturated rings. The van der Waals surface area contributed by atoms with Gasteiger partial charge in [-0.3, -0.25) is 4.79 Å². The first-order chi connectivity index (χ1) is 13.1. The van der Waals surface area contributed by atoms with Crippen LogP contribution in [0.4, 0.5) is 0 Å². The molecule has 0 bridgehead atoms. The van der Waals surface area contributed by atoms with Crippen molar-refractivity contribution in [2.45, 2.75) is 5.92 Å². The third kappa shape index (κ3) is 5.43. The summed E-state index contributed by atoms with van der Waals surface area (Å²) in [6, 6.07) is 6.15. The predicted octanol–water partition coefficient (Wildman–Crippen LogP) is 0.615. The summed E-state index contributed by atoms with van der Waals surface area (Å²) in [4.78, 5) is 33.7. The van der Waals surface area contributed by atoms with Crippen molar-refractivity contribution in [1.82, 2.24) is 0 Å². The summed E-state index contributed by atoms with van der Waals surface area (Å²) >= 11 is 0. The van der Waals surface area contributed by atoms with E-state index in [1.807, 2.05) is 0 Å². The second kappa shape index (κ2) is 9.90. The zero-order valence-electron chi connectivity index (χ0n) is 14.6. The Kier molecular flexibility index (Phi) is 7.92. The molecule has 150 valence electrons. The average molecular weight is 392 g/mol. The molecule has 0 saturated carbocycles. The Bertz CT molecular complexity index is 816. The van der Waals surface area contributed by atoms with Crippen LogP contribution in [0.15, 0.2) is 36.4 Å². The van der Waals surface area contributed by atoms with Gasteiger partial charge in [0, 0.05) is 24.2 Å². The minimum Gasteiger partial charge on any atom is -0.508 e. The highest BCUT2D eigenvalue weighted by atomic mass is 16.4. The Morgan fingerprint density at radius 2 is 1.11 bits per heavy atom. The molecule has 0 amide bonds. The minimum atomic E-state index is -1.65. The number of aliphatic carboxylic acids is 1. The molecule has 0 heterocycles. The molecule has 0 saturated heterocycles. The molecule has 0 spiro atoms. The zero-order chi connectivity index (χ0) is 21.4. The molecular weight excluding hydrogens is 372 g/mol. The number of aromatic hydroxyl groups is 2. The highest BCUT2D eigenvalue weighted by Crippen LogP contribution is 2.37. The first kappa shape index (κ1) is 22.4. The molecule has 0 aliphatic carbocycles. The lowest BCUT2D eigenvalue weighted by Gasteiger charge is -2.17. The summed E-state index contributed by atoms with van der Waals surface area (Å²) in [5.41, 5.74) is 8.73. The molecule has 0 aliphatic heterocycles. The van der Waals surface area contributed by atoms with E-state index in [1.165, 1.54) is 0 Å². The van der Waals surface area contributed by atoms with Gasteiger partial charge in [-0.2, -0.15) is 0 Å². The first-order valence-corrected chi connectivity index (χ1v) is 7.89. The van der Waals surface area contributed by atoms with Crippen molar-refractivity contribution in [2.24, 2.45) is 11.5 Å². The number of phenolic OH excluding ortho intramolecular Hbond substituents is 2. The molecular formula is C18H20N2O8. The van der Waals surface area contributed by atoms with Crippen LogP contribution in [0.25, 0.3) is 0 Å². The average Bonchev–Trinajstić information content (AvgIpc) is 2.64. The van der Waals surface area contributed by atoms with Gasteiger partial charge in [0.05, 0.1) is 11.1 Å². The SMILES string of the molecule is NCCN.O=C(O)c1ccc(O)c(C(C(=O)O)c2cc(C(=O)O)ccc2O)c1. The number of nitrogens with two attached hydrogens (primary N) is 2. The molecule has 10 nitrogen and oxygen atoms in total. The lowest BCUT2D eigenvalue weighted by molar-refractivity contribution is -0.137. The lowest BCUT2D eigenvalue weighted by Crippen LogP contribution is -2.15. The lowest BCUT2D eigenvalue weighted by atomic mass is 9.88. The van der Waals surface area contributed by atoms with Crippen molar-refractivity contribution in [1.29, 1.82) is 0 Å². The number of carboxylic acid groups (broad SMARTS) is 3. The van der Waals surface area contributed by atoms with Crippen LogP contribution in [0.3, 0.4) is 0 Å². The Balaban J connectivity index is 0.000000892. The Morgan fingerprint density at radius 1 is 0.750 bits per heavy atom. The Labute approximate surface area is 159 Å². The van der Waals surface area contributed by atoms with E-state index in [4.69, 9.17) is 21.7 Å². The monoisotopic (exact) mass is 392 g/mol. The van der Waals surface area contributed by atoms with Crippen LogP contribution < -0.4 is 11.5 Å². The number of hydrogen-bond donors (Lipinski definition) is 7. The molecule has 2 rings (SSSR count). The smallest absolute Gasteiger partial charge is 0.335 e. The van der Waals surface area contributed by atoms with Gasteiger partial charge in [0.2, 0.25) is 0 Å². The fourth-order valence-electron chi connectivity index (χ4n) is 2.27. The fourth-order valence-corrected chi connectivity index (χ4v) is 2.27. The summed E-state index contributed by atoms with van der Waals surface area (Å²) in [5.74, 6) is -6.79. The number of rotatable bonds is 6. The maximum atomic E-state index is 11.7. The van der Waals surface area contributed by atoms with Crippen molar-refractivity contribution in [3.63, 3.8) is 0 Å². The first-order valence-electron chi connectivity index (χ1n) is 7.89. The van der Waals surface area contributed by atoms with Gasteiger partial charge in [-0.15, -0.1) is 0 Å². The summed E-state index contributed by atoms with van der Waals surface area (Å²) < 4.78 is 0. The van der Waals surface area contributed by atoms with Crippen molar-refractivity contribution >= 4 is 17.9 Å². The number of aromatic carboxylic acids is 2. The molecule has 10 heteroatoms. The number of hydrogen-bond acceptors (Lipinski definition) is 7. The highest BCUT2D eigenvalue weighted by Gasteiger charge is 2.29. The maximum Gasteiger partial charge on any atom is 0.335 e. The zero-order valence-corrected chi connectivity index (χ0v) is 14.6. The van der Waals surface area contributed by atoms with Gasteiger partial charge in [-0.25, -0.2) is 9.59 Å². The Hall–Kier alpha value is -3.63. The van der Waals surface area contributed by atoms with E-state index in [9.17, 15) is 29.7 Å². The van der Waals surface area contributed by atoms with E-state index >= 15 is 0 Å². The van der Waals surface area contributed by atoms with Crippen LogP contribution in [0.5, 0.6) is 11.5 Å². The summed E-state index contributed by atoms with van der Waals surface area (Å²) in [7, 11) is 0. The molecule has 2 aromatic rings. The predicted molar refractivity (Wildman–Crippen MR) is 97.7 cm³/mol. The van der Waals surface area contributed by atoms with E-state index in [2.05, 4.69) is 0 Å². The minimum absolute atomic E-state index is 0.261. The number of carboxylic acids is 3. The van der Waals surface area contributed by atoms with Crippen LogP contribution in [0.1, 0.15) is 37.8 Å². The van der Waals surface area contributed by atoms with E-state index in [-0.39, 0.29) is 22.3 Å². The highest BCUT2D eigenvalue weighted by molar-refractivity contribution is 5.91. The molecule has 0 atom stereocenters. The van der Waals surface area contributed by atoms with E-state index in [0.717, 1.165) is 36.4 Å². The van der Waals surface area contributed by atoms with Gasteiger partial charge in [0.15, 0.2) is 0 Å².